The molecule has 36 heavy (non-hydrogen) atoms. The van der Waals surface area contributed by atoms with Crippen LogP contribution in [0.3, 0.4) is 0 Å². The number of likely N-dealkylation sites (tertiary alicyclic amines) is 2. The number of carbonyl (C=O) groups is 2. The van der Waals surface area contributed by atoms with E-state index in [9.17, 15) is 9.59 Å². The maximum absolute atomic E-state index is 14.3. The Morgan fingerprint density at radius 1 is 0.833 bits per heavy atom. The molecule has 1 aromatic rings. The SMILES string of the molecule is CCCCCC1C=CC(C(=O)N2CCCCC2)C(c2ccc3c(c2)OCO3)C1C(=O)N1CCCCC1. The number of amides is 2. The van der Waals surface area contributed by atoms with Crippen molar-refractivity contribution in [2.24, 2.45) is 17.8 Å². The minimum absolute atomic E-state index is 0.145. The van der Waals surface area contributed by atoms with E-state index in [2.05, 4.69) is 30.0 Å². The van der Waals surface area contributed by atoms with Crippen LogP contribution in [0.25, 0.3) is 0 Å². The van der Waals surface area contributed by atoms with Gasteiger partial charge >= 0.3 is 0 Å². The van der Waals surface area contributed by atoms with Crippen LogP contribution in [0.15, 0.2) is 30.4 Å². The quantitative estimate of drug-likeness (QED) is 0.370. The number of piperidine rings is 2. The minimum atomic E-state index is -0.329. The number of unbranched alkanes of at least 4 members (excludes halogenated alkanes) is 2. The van der Waals surface area contributed by atoms with Crippen LogP contribution in [0, 0.1) is 17.8 Å². The van der Waals surface area contributed by atoms with E-state index in [4.69, 9.17) is 9.47 Å². The predicted octanol–water partition coefficient (Wildman–Crippen LogP) is 5.52. The lowest BCUT2D eigenvalue weighted by Crippen LogP contribution is -2.49. The van der Waals surface area contributed by atoms with Gasteiger partial charge in [-0.15, -0.1) is 0 Å². The molecule has 0 radical (unpaired) electrons. The summed E-state index contributed by atoms with van der Waals surface area (Å²) in [6.45, 7) is 5.74. The summed E-state index contributed by atoms with van der Waals surface area (Å²) in [5.74, 6) is 1.26. The summed E-state index contributed by atoms with van der Waals surface area (Å²) in [6, 6.07) is 6.04. The molecule has 4 aliphatic rings. The van der Waals surface area contributed by atoms with Crippen molar-refractivity contribution in [3.8, 4) is 11.5 Å². The summed E-state index contributed by atoms with van der Waals surface area (Å²) in [4.78, 5) is 32.4. The second-order valence-corrected chi connectivity index (χ2v) is 11.0. The second kappa shape index (κ2) is 11.7. The van der Waals surface area contributed by atoms with Gasteiger partial charge in [0.05, 0.1) is 11.8 Å². The summed E-state index contributed by atoms with van der Waals surface area (Å²) >= 11 is 0. The van der Waals surface area contributed by atoms with Gasteiger partial charge in [0, 0.05) is 32.1 Å². The molecule has 2 saturated heterocycles. The zero-order chi connectivity index (χ0) is 24.9. The minimum Gasteiger partial charge on any atom is -0.454 e. The van der Waals surface area contributed by atoms with Crippen LogP contribution in [0.4, 0.5) is 0 Å². The van der Waals surface area contributed by atoms with Crippen molar-refractivity contribution in [2.75, 3.05) is 33.0 Å². The Balaban J connectivity index is 1.53. The number of carbonyl (C=O) groups excluding carboxylic acids is 2. The largest absolute Gasteiger partial charge is 0.454 e. The van der Waals surface area contributed by atoms with E-state index in [-0.39, 0.29) is 42.3 Å². The van der Waals surface area contributed by atoms with Gasteiger partial charge in [0.2, 0.25) is 18.6 Å². The smallest absolute Gasteiger partial charge is 0.231 e. The maximum atomic E-state index is 14.3. The molecule has 1 aromatic carbocycles. The molecule has 4 unspecified atom stereocenters. The number of allylic oxidation sites excluding steroid dienone is 1. The van der Waals surface area contributed by atoms with Gasteiger partial charge in [-0.1, -0.05) is 44.4 Å². The summed E-state index contributed by atoms with van der Waals surface area (Å²) in [7, 11) is 0. The number of hydrogen-bond acceptors (Lipinski definition) is 4. The van der Waals surface area contributed by atoms with Crippen molar-refractivity contribution in [2.45, 2.75) is 77.0 Å². The number of nitrogens with zero attached hydrogens (tertiary/aromatic N) is 2. The Morgan fingerprint density at radius 2 is 1.50 bits per heavy atom. The van der Waals surface area contributed by atoms with Crippen LogP contribution in [-0.2, 0) is 9.59 Å². The summed E-state index contributed by atoms with van der Waals surface area (Å²) in [5, 5.41) is 0. The van der Waals surface area contributed by atoms with Crippen LogP contribution in [0.1, 0.15) is 82.6 Å². The van der Waals surface area contributed by atoms with E-state index in [1.54, 1.807) is 0 Å². The Hall–Kier alpha value is -2.50. The van der Waals surface area contributed by atoms with Crippen molar-refractivity contribution in [1.29, 1.82) is 0 Å². The number of benzene rings is 1. The zero-order valence-electron chi connectivity index (χ0n) is 21.8. The summed E-state index contributed by atoms with van der Waals surface area (Å²) < 4.78 is 11.3. The van der Waals surface area contributed by atoms with Gasteiger partial charge in [0.15, 0.2) is 11.5 Å². The van der Waals surface area contributed by atoms with Crippen molar-refractivity contribution in [3.63, 3.8) is 0 Å². The van der Waals surface area contributed by atoms with E-state index in [1.807, 2.05) is 17.0 Å². The molecule has 3 heterocycles. The Morgan fingerprint density at radius 3 is 2.19 bits per heavy atom. The van der Waals surface area contributed by atoms with Crippen molar-refractivity contribution in [3.05, 3.63) is 35.9 Å². The second-order valence-electron chi connectivity index (χ2n) is 11.0. The molecule has 1 aliphatic carbocycles. The molecule has 6 heteroatoms. The molecule has 0 aromatic heterocycles. The first kappa shape index (κ1) is 25.2. The molecular formula is C30H42N2O4. The molecule has 3 aliphatic heterocycles. The monoisotopic (exact) mass is 494 g/mol. The van der Waals surface area contributed by atoms with E-state index in [1.165, 1.54) is 19.3 Å². The Kier molecular flexibility index (Phi) is 8.18. The number of fused-ring (bicyclic) bond motifs is 1. The van der Waals surface area contributed by atoms with Crippen molar-refractivity contribution >= 4 is 11.8 Å². The number of hydrogen-bond donors (Lipinski definition) is 0. The van der Waals surface area contributed by atoms with Gasteiger partial charge in [-0.25, -0.2) is 0 Å². The molecule has 2 fully saturated rings. The van der Waals surface area contributed by atoms with E-state index in [0.29, 0.717) is 0 Å². The van der Waals surface area contributed by atoms with E-state index in [0.717, 1.165) is 88.2 Å². The summed E-state index contributed by atoms with van der Waals surface area (Å²) in [6.07, 6.45) is 15.4. The standard InChI is InChI=1S/C30H42N2O4/c1-2-3-6-11-22-12-14-24(29(33)31-16-7-4-8-17-31)27(23-13-15-25-26(20-23)36-21-35-25)28(22)30(34)32-18-9-5-10-19-32/h12-15,20,22,24,27-28H,2-11,16-19,21H2,1H3. The summed E-state index contributed by atoms with van der Waals surface area (Å²) in [5.41, 5.74) is 1.02. The Labute approximate surface area is 216 Å². The van der Waals surface area contributed by atoms with Crippen LogP contribution < -0.4 is 9.47 Å². The van der Waals surface area contributed by atoms with Gasteiger partial charge in [-0.3, -0.25) is 9.59 Å². The molecule has 2 amide bonds. The molecule has 0 N–H and O–H groups in total. The first-order chi connectivity index (χ1) is 17.7. The molecule has 0 saturated carbocycles. The third-order valence-electron chi connectivity index (χ3n) is 8.63. The molecule has 0 bridgehead atoms. The van der Waals surface area contributed by atoms with Crippen LogP contribution in [0.2, 0.25) is 0 Å². The third kappa shape index (κ3) is 5.28. The molecule has 0 spiro atoms. The zero-order valence-corrected chi connectivity index (χ0v) is 21.8. The highest BCUT2D eigenvalue weighted by molar-refractivity contribution is 5.86. The molecular weight excluding hydrogens is 452 g/mol. The van der Waals surface area contributed by atoms with Crippen molar-refractivity contribution in [1.82, 2.24) is 9.80 Å². The average Bonchev–Trinajstić information content (AvgIpc) is 3.41. The lowest BCUT2D eigenvalue weighted by molar-refractivity contribution is -0.142. The van der Waals surface area contributed by atoms with Gasteiger partial charge in [-0.2, -0.15) is 0 Å². The highest BCUT2D eigenvalue weighted by atomic mass is 16.7. The fourth-order valence-corrected chi connectivity index (χ4v) is 6.66. The molecule has 196 valence electrons. The molecule has 6 nitrogen and oxygen atoms in total. The fraction of sp³-hybridized carbons (Fsp3) is 0.667. The number of rotatable bonds is 7. The van der Waals surface area contributed by atoms with Gasteiger partial charge in [0.25, 0.3) is 0 Å². The van der Waals surface area contributed by atoms with Gasteiger partial charge in [-0.05, 0) is 68.6 Å². The molecule has 4 atom stereocenters. The maximum Gasteiger partial charge on any atom is 0.231 e. The topological polar surface area (TPSA) is 59.1 Å². The normalized spacial score (nSPS) is 27.8. The third-order valence-corrected chi connectivity index (χ3v) is 8.63. The lowest BCUT2D eigenvalue weighted by atomic mass is 9.65. The van der Waals surface area contributed by atoms with E-state index >= 15 is 0 Å². The molecule has 5 rings (SSSR count). The highest BCUT2D eigenvalue weighted by Crippen LogP contribution is 2.47. The van der Waals surface area contributed by atoms with Gasteiger partial charge < -0.3 is 19.3 Å². The first-order valence-electron chi connectivity index (χ1n) is 14.3. The average molecular weight is 495 g/mol. The van der Waals surface area contributed by atoms with Crippen LogP contribution in [0.5, 0.6) is 11.5 Å². The fourth-order valence-electron chi connectivity index (χ4n) is 6.66. The predicted molar refractivity (Wildman–Crippen MR) is 140 cm³/mol. The Bertz CT molecular complexity index is 948. The highest BCUT2D eigenvalue weighted by Gasteiger charge is 2.46. The van der Waals surface area contributed by atoms with Crippen LogP contribution >= 0.6 is 0 Å². The first-order valence-corrected chi connectivity index (χ1v) is 14.3. The van der Waals surface area contributed by atoms with Crippen molar-refractivity contribution < 1.29 is 19.1 Å². The van der Waals surface area contributed by atoms with Gasteiger partial charge in [0.1, 0.15) is 0 Å². The lowest BCUT2D eigenvalue weighted by Gasteiger charge is -2.43. The number of ether oxygens (including phenoxy) is 2. The van der Waals surface area contributed by atoms with E-state index < -0.39 is 0 Å². The van der Waals surface area contributed by atoms with Crippen LogP contribution in [-0.4, -0.2) is 54.6 Å².